The summed E-state index contributed by atoms with van der Waals surface area (Å²) in [7, 11) is -2.52. The van der Waals surface area contributed by atoms with Crippen LogP contribution in [0.5, 0.6) is 5.75 Å². The molecule has 0 aromatic heterocycles. The zero-order valence-corrected chi connectivity index (χ0v) is 19.6. The van der Waals surface area contributed by atoms with Crippen LogP contribution in [-0.2, 0) is 14.8 Å². The standard InChI is InChI=1S/C22H29N3O6S/c1-15-10-11-16(20(26)23-12-13-24-21(27)31-22(2,3)4)14-19(15)32(28,29)25-17-8-6-7-9-18(17)30-5/h6-11,14,25H,12-13H2,1-5H3,(H,23,26)(H,24,27). The summed E-state index contributed by atoms with van der Waals surface area (Å²) in [5.41, 5.74) is 0.329. The Morgan fingerprint density at radius 1 is 1.00 bits per heavy atom. The molecule has 0 atom stereocenters. The number of carbonyl (C=O) groups excluding carboxylic acids is 2. The number of hydrogen-bond donors (Lipinski definition) is 3. The van der Waals surface area contributed by atoms with Gasteiger partial charge in [0.15, 0.2) is 0 Å². The second-order valence-corrected chi connectivity index (χ2v) is 9.62. The molecule has 2 amide bonds. The molecular weight excluding hydrogens is 434 g/mol. The van der Waals surface area contributed by atoms with Crippen LogP contribution in [0.4, 0.5) is 10.5 Å². The average Bonchev–Trinajstić information content (AvgIpc) is 2.70. The summed E-state index contributed by atoms with van der Waals surface area (Å²) in [5.74, 6) is -0.0927. The number of anilines is 1. The van der Waals surface area contributed by atoms with Gasteiger partial charge in [-0.2, -0.15) is 0 Å². The molecule has 9 nitrogen and oxygen atoms in total. The van der Waals surface area contributed by atoms with Gasteiger partial charge < -0.3 is 20.1 Å². The molecule has 32 heavy (non-hydrogen) atoms. The van der Waals surface area contributed by atoms with E-state index < -0.39 is 27.6 Å². The summed E-state index contributed by atoms with van der Waals surface area (Å²) < 4.78 is 38.7. The van der Waals surface area contributed by atoms with Crippen LogP contribution in [0.3, 0.4) is 0 Å². The highest BCUT2D eigenvalue weighted by molar-refractivity contribution is 7.92. The molecule has 0 radical (unpaired) electrons. The van der Waals surface area contributed by atoms with Gasteiger partial charge in [0.1, 0.15) is 11.4 Å². The first-order chi connectivity index (χ1) is 14.9. The number of carbonyl (C=O) groups is 2. The first kappa shape index (κ1) is 25.0. The van der Waals surface area contributed by atoms with E-state index >= 15 is 0 Å². The lowest BCUT2D eigenvalue weighted by Gasteiger charge is -2.19. The third-order valence-corrected chi connectivity index (χ3v) is 5.68. The van der Waals surface area contributed by atoms with Crippen molar-refractivity contribution in [3.8, 4) is 5.75 Å². The fraction of sp³-hybridized carbons (Fsp3) is 0.364. The van der Waals surface area contributed by atoms with Crippen LogP contribution in [0.1, 0.15) is 36.7 Å². The number of amides is 2. The molecule has 174 valence electrons. The molecule has 0 unspecified atom stereocenters. The van der Waals surface area contributed by atoms with Gasteiger partial charge in [-0.1, -0.05) is 18.2 Å². The topological polar surface area (TPSA) is 123 Å². The van der Waals surface area contributed by atoms with E-state index in [9.17, 15) is 18.0 Å². The molecule has 2 aromatic rings. The van der Waals surface area contributed by atoms with Crippen LogP contribution in [-0.4, -0.2) is 46.2 Å². The quantitative estimate of drug-likeness (QED) is 0.517. The van der Waals surface area contributed by atoms with Gasteiger partial charge >= 0.3 is 6.09 Å². The Labute approximate surface area is 188 Å². The van der Waals surface area contributed by atoms with Crippen LogP contribution < -0.4 is 20.1 Å². The van der Waals surface area contributed by atoms with Gasteiger partial charge in [0, 0.05) is 18.7 Å². The van der Waals surface area contributed by atoms with Crippen LogP contribution in [0.25, 0.3) is 0 Å². The van der Waals surface area contributed by atoms with Crippen molar-refractivity contribution in [2.75, 3.05) is 24.9 Å². The Hall–Kier alpha value is -3.27. The predicted octanol–water partition coefficient (Wildman–Crippen LogP) is 3.06. The number of aryl methyl sites for hydroxylation is 1. The Morgan fingerprint density at radius 2 is 1.66 bits per heavy atom. The maximum atomic E-state index is 13.0. The van der Waals surface area contributed by atoms with Crippen molar-refractivity contribution in [3.05, 3.63) is 53.6 Å². The summed E-state index contributed by atoms with van der Waals surface area (Å²) in [4.78, 5) is 24.1. The molecule has 0 aliphatic rings. The number of sulfonamides is 1. The number of nitrogens with one attached hydrogen (secondary N) is 3. The molecule has 0 heterocycles. The monoisotopic (exact) mass is 463 g/mol. The van der Waals surface area contributed by atoms with Crippen LogP contribution in [0.2, 0.25) is 0 Å². The Balaban J connectivity index is 2.06. The van der Waals surface area contributed by atoms with Crippen molar-refractivity contribution >= 4 is 27.7 Å². The van der Waals surface area contributed by atoms with Gasteiger partial charge in [-0.05, 0) is 57.5 Å². The maximum absolute atomic E-state index is 13.0. The molecule has 0 aliphatic carbocycles. The Kier molecular flexibility index (Phi) is 8.09. The van der Waals surface area contributed by atoms with E-state index in [1.807, 2.05) is 0 Å². The summed E-state index contributed by atoms with van der Waals surface area (Å²) in [5, 5.41) is 5.17. The zero-order chi connectivity index (χ0) is 23.9. The molecule has 0 saturated carbocycles. The van der Waals surface area contributed by atoms with Gasteiger partial charge in [-0.25, -0.2) is 13.2 Å². The van der Waals surface area contributed by atoms with Crippen molar-refractivity contribution in [2.24, 2.45) is 0 Å². The van der Waals surface area contributed by atoms with Gasteiger partial charge in [0.25, 0.3) is 15.9 Å². The molecule has 0 saturated heterocycles. The summed E-state index contributed by atoms with van der Waals surface area (Å²) in [6, 6.07) is 11.0. The molecular formula is C22H29N3O6S. The Morgan fingerprint density at radius 3 is 2.31 bits per heavy atom. The van der Waals surface area contributed by atoms with Gasteiger partial charge in [0.05, 0.1) is 17.7 Å². The molecule has 2 rings (SSSR count). The number of ether oxygens (including phenoxy) is 2. The minimum absolute atomic E-state index is 0.0251. The molecule has 2 aromatic carbocycles. The summed E-state index contributed by atoms with van der Waals surface area (Å²) >= 11 is 0. The summed E-state index contributed by atoms with van der Waals surface area (Å²) in [6.07, 6.45) is -0.585. The second-order valence-electron chi connectivity index (χ2n) is 7.97. The van der Waals surface area contributed by atoms with Crippen molar-refractivity contribution in [3.63, 3.8) is 0 Å². The molecule has 0 bridgehead atoms. The number of rotatable bonds is 8. The maximum Gasteiger partial charge on any atom is 0.407 e. The highest BCUT2D eigenvalue weighted by Gasteiger charge is 2.21. The molecule has 3 N–H and O–H groups in total. The zero-order valence-electron chi connectivity index (χ0n) is 18.8. The third-order valence-electron chi connectivity index (χ3n) is 4.17. The SMILES string of the molecule is COc1ccccc1NS(=O)(=O)c1cc(C(=O)NCCNC(=O)OC(C)(C)C)ccc1C. The number of hydrogen-bond acceptors (Lipinski definition) is 6. The third kappa shape index (κ3) is 7.16. The average molecular weight is 464 g/mol. The van der Waals surface area contributed by atoms with Gasteiger partial charge in [-0.3, -0.25) is 9.52 Å². The van der Waals surface area contributed by atoms with E-state index in [0.717, 1.165) is 0 Å². The largest absolute Gasteiger partial charge is 0.495 e. The number of benzene rings is 2. The number of methoxy groups -OCH3 is 1. The van der Waals surface area contributed by atoms with E-state index in [-0.39, 0.29) is 29.2 Å². The summed E-state index contributed by atoms with van der Waals surface area (Å²) in [6.45, 7) is 7.20. The smallest absolute Gasteiger partial charge is 0.407 e. The van der Waals surface area contributed by atoms with Crippen molar-refractivity contribution in [1.29, 1.82) is 0 Å². The first-order valence-electron chi connectivity index (χ1n) is 9.94. The fourth-order valence-electron chi connectivity index (χ4n) is 2.72. The lowest BCUT2D eigenvalue weighted by atomic mass is 10.1. The van der Waals surface area contributed by atoms with Gasteiger partial charge in [0.2, 0.25) is 0 Å². The van der Waals surface area contributed by atoms with E-state index in [2.05, 4.69) is 15.4 Å². The second kappa shape index (κ2) is 10.4. The number of alkyl carbamates (subject to hydrolysis) is 1. The van der Waals surface area contributed by atoms with Crippen molar-refractivity contribution in [2.45, 2.75) is 38.2 Å². The van der Waals surface area contributed by atoms with E-state index in [0.29, 0.717) is 11.3 Å². The van der Waals surface area contributed by atoms with E-state index in [4.69, 9.17) is 9.47 Å². The fourth-order valence-corrected chi connectivity index (χ4v) is 4.06. The number of para-hydroxylation sites is 2. The minimum atomic E-state index is -3.97. The van der Waals surface area contributed by atoms with Crippen LogP contribution in [0, 0.1) is 6.92 Å². The van der Waals surface area contributed by atoms with E-state index in [1.54, 1.807) is 58.0 Å². The molecule has 10 heteroatoms. The van der Waals surface area contributed by atoms with Crippen LogP contribution >= 0.6 is 0 Å². The van der Waals surface area contributed by atoms with Crippen LogP contribution in [0.15, 0.2) is 47.4 Å². The van der Waals surface area contributed by atoms with Crippen molar-refractivity contribution < 1.29 is 27.5 Å². The highest BCUT2D eigenvalue weighted by atomic mass is 32.2. The first-order valence-corrected chi connectivity index (χ1v) is 11.4. The van der Waals surface area contributed by atoms with Gasteiger partial charge in [-0.15, -0.1) is 0 Å². The minimum Gasteiger partial charge on any atom is -0.495 e. The molecule has 0 fully saturated rings. The molecule has 0 aliphatic heterocycles. The predicted molar refractivity (Wildman–Crippen MR) is 122 cm³/mol. The van der Waals surface area contributed by atoms with E-state index in [1.165, 1.54) is 19.2 Å². The Bertz CT molecular complexity index is 1080. The normalized spacial score (nSPS) is 11.4. The molecule has 0 spiro atoms. The van der Waals surface area contributed by atoms with Crippen molar-refractivity contribution in [1.82, 2.24) is 10.6 Å². The highest BCUT2D eigenvalue weighted by Crippen LogP contribution is 2.27. The lowest BCUT2D eigenvalue weighted by Crippen LogP contribution is -2.37. The lowest BCUT2D eigenvalue weighted by molar-refractivity contribution is 0.0526.